The quantitative estimate of drug-likeness (QED) is 0.881. The first-order valence-electron chi connectivity index (χ1n) is 7.25. The Morgan fingerprint density at radius 1 is 1.00 bits per heavy atom. The van der Waals surface area contributed by atoms with E-state index in [1.165, 1.54) is 24.3 Å². The van der Waals surface area contributed by atoms with Crippen molar-refractivity contribution in [3.05, 3.63) is 65.7 Å². The first-order valence-corrected chi connectivity index (χ1v) is 7.25. The van der Waals surface area contributed by atoms with Crippen LogP contribution in [0.25, 0.3) is 5.57 Å². The maximum absolute atomic E-state index is 13.1. The Bertz CT molecular complexity index is 857. The second-order valence-electron chi connectivity index (χ2n) is 5.59. The molecule has 0 saturated heterocycles. The summed E-state index contributed by atoms with van der Waals surface area (Å²) >= 11 is 0. The van der Waals surface area contributed by atoms with Crippen LogP contribution >= 0.6 is 0 Å². The third kappa shape index (κ3) is 2.52. The summed E-state index contributed by atoms with van der Waals surface area (Å²) in [6.45, 7) is 0. The van der Waals surface area contributed by atoms with Crippen LogP contribution in [0.2, 0.25) is 0 Å². The number of hydrogen-bond donors (Lipinski definition) is 1. The lowest BCUT2D eigenvalue weighted by Crippen LogP contribution is -2.31. The van der Waals surface area contributed by atoms with E-state index in [-0.39, 0.29) is 5.57 Å². The molecule has 0 atom stereocenters. The summed E-state index contributed by atoms with van der Waals surface area (Å²) in [4.78, 5) is 27.8. The Balaban J connectivity index is 2.02. The predicted octanol–water partition coefficient (Wildman–Crippen LogP) is 2.73. The van der Waals surface area contributed by atoms with E-state index < -0.39 is 23.4 Å². The lowest BCUT2D eigenvalue weighted by atomic mass is 10.1. The largest absolute Gasteiger partial charge is 0.502 e. The standard InChI is InChI=1S/C18H15FN2O3/c1-20(2)13-4-3-5-14(10-13)21-17(23)15(16(22)18(21)24)11-6-8-12(19)9-7-11/h3-10,22H,1-2H3. The van der Waals surface area contributed by atoms with Crippen molar-refractivity contribution in [2.75, 3.05) is 23.9 Å². The summed E-state index contributed by atoms with van der Waals surface area (Å²) < 4.78 is 13.1. The molecule has 1 heterocycles. The number of halogens is 1. The normalized spacial score (nSPS) is 14.5. The number of rotatable bonds is 3. The molecule has 0 spiro atoms. The Kier molecular flexibility index (Phi) is 3.81. The molecule has 0 aromatic heterocycles. The number of aliphatic hydroxyl groups excluding tert-OH is 1. The highest BCUT2D eigenvalue weighted by Crippen LogP contribution is 2.33. The SMILES string of the molecule is CN(C)c1cccc(N2C(=O)C(O)=C(c3ccc(F)cc3)C2=O)c1. The van der Waals surface area contributed by atoms with Gasteiger partial charge in [-0.3, -0.25) is 9.59 Å². The highest BCUT2D eigenvalue weighted by molar-refractivity contribution is 6.44. The van der Waals surface area contributed by atoms with Crippen LogP contribution in [0.5, 0.6) is 0 Å². The van der Waals surface area contributed by atoms with E-state index in [1.54, 1.807) is 18.2 Å². The van der Waals surface area contributed by atoms with Crippen molar-refractivity contribution in [1.82, 2.24) is 0 Å². The number of anilines is 2. The smallest absolute Gasteiger partial charge is 0.301 e. The molecule has 1 N–H and O–H groups in total. The molecule has 3 rings (SSSR count). The summed E-state index contributed by atoms with van der Waals surface area (Å²) in [5.41, 5.74) is 1.33. The second-order valence-corrected chi connectivity index (χ2v) is 5.59. The number of hydrogen-bond acceptors (Lipinski definition) is 4. The molecule has 1 aliphatic heterocycles. The molecule has 0 aliphatic carbocycles. The third-order valence-corrected chi connectivity index (χ3v) is 3.80. The molecule has 24 heavy (non-hydrogen) atoms. The first-order chi connectivity index (χ1) is 11.4. The fourth-order valence-electron chi connectivity index (χ4n) is 2.54. The summed E-state index contributed by atoms with van der Waals surface area (Å²) in [6.07, 6.45) is 0. The van der Waals surface area contributed by atoms with Gasteiger partial charge in [0, 0.05) is 19.8 Å². The number of carbonyl (C=O) groups is 2. The van der Waals surface area contributed by atoms with E-state index in [9.17, 15) is 19.1 Å². The fourth-order valence-corrected chi connectivity index (χ4v) is 2.54. The number of imide groups is 1. The van der Waals surface area contributed by atoms with Gasteiger partial charge in [-0.1, -0.05) is 18.2 Å². The number of amides is 2. The van der Waals surface area contributed by atoms with Crippen LogP contribution in [-0.4, -0.2) is 31.0 Å². The van der Waals surface area contributed by atoms with E-state index >= 15 is 0 Å². The Morgan fingerprint density at radius 3 is 2.29 bits per heavy atom. The average Bonchev–Trinajstić information content (AvgIpc) is 2.78. The van der Waals surface area contributed by atoms with E-state index in [1.807, 2.05) is 25.1 Å². The zero-order valence-electron chi connectivity index (χ0n) is 13.2. The molecule has 122 valence electrons. The van der Waals surface area contributed by atoms with Gasteiger partial charge in [0.05, 0.1) is 11.3 Å². The van der Waals surface area contributed by atoms with Gasteiger partial charge < -0.3 is 10.0 Å². The molecule has 0 unspecified atom stereocenters. The lowest BCUT2D eigenvalue weighted by molar-refractivity contribution is -0.121. The Labute approximate surface area is 138 Å². The minimum Gasteiger partial charge on any atom is -0.502 e. The van der Waals surface area contributed by atoms with Crippen LogP contribution in [0.3, 0.4) is 0 Å². The van der Waals surface area contributed by atoms with Crippen LogP contribution in [0.4, 0.5) is 15.8 Å². The van der Waals surface area contributed by atoms with Crippen LogP contribution in [0, 0.1) is 5.82 Å². The highest BCUT2D eigenvalue weighted by atomic mass is 19.1. The molecule has 0 radical (unpaired) electrons. The molecule has 0 fully saturated rings. The van der Waals surface area contributed by atoms with E-state index in [0.717, 1.165) is 10.6 Å². The van der Waals surface area contributed by atoms with Gasteiger partial charge in [-0.05, 0) is 35.9 Å². The van der Waals surface area contributed by atoms with Gasteiger partial charge in [0.2, 0.25) is 0 Å². The topological polar surface area (TPSA) is 60.9 Å². The fraction of sp³-hybridized carbons (Fsp3) is 0.111. The number of benzene rings is 2. The molecule has 0 bridgehead atoms. The van der Waals surface area contributed by atoms with Crippen LogP contribution in [-0.2, 0) is 9.59 Å². The van der Waals surface area contributed by atoms with Crippen molar-refractivity contribution in [2.45, 2.75) is 0 Å². The Morgan fingerprint density at radius 2 is 1.67 bits per heavy atom. The number of carbonyl (C=O) groups excluding carboxylic acids is 2. The number of aliphatic hydroxyl groups is 1. The number of nitrogens with zero attached hydrogens (tertiary/aromatic N) is 2. The van der Waals surface area contributed by atoms with E-state index in [4.69, 9.17) is 0 Å². The second kappa shape index (κ2) is 5.81. The maximum Gasteiger partial charge on any atom is 0.301 e. The van der Waals surface area contributed by atoms with Gasteiger partial charge in [-0.15, -0.1) is 0 Å². The molecule has 6 heteroatoms. The van der Waals surface area contributed by atoms with Gasteiger partial charge in [-0.25, -0.2) is 9.29 Å². The van der Waals surface area contributed by atoms with Crippen LogP contribution < -0.4 is 9.80 Å². The van der Waals surface area contributed by atoms with Gasteiger partial charge in [-0.2, -0.15) is 0 Å². The lowest BCUT2D eigenvalue weighted by Gasteiger charge is -2.18. The van der Waals surface area contributed by atoms with Crippen molar-refractivity contribution < 1.29 is 19.1 Å². The minimum absolute atomic E-state index is 0.129. The van der Waals surface area contributed by atoms with Crippen molar-refractivity contribution >= 4 is 28.8 Å². The summed E-state index contributed by atoms with van der Waals surface area (Å²) in [5.74, 6) is -2.54. The molecular formula is C18H15FN2O3. The van der Waals surface area contributed by atoms with Crippen molar-refractivity contribution in [2.24, 2.45) is 0 Å². The predicted molar refractivity (Wildman–Crippen MR) is 89.2 cm³/mol. The molecule has 0 saturated carbocycles. The zero-order chi connectivity index (χ0) is 17.4. The Hall–Kier alpha value is -3.15. The third-order valence-electron chi connectivity index (χ3n) is 3.80. The molecule has 2 aromatic carbocycles. The van der Waals surface area contributed by atoms with Crippen LogP contribution in [0.1, 0.15) is 5.56 Å². The molecule has 1 aliphatic rings. The zero-order valence-corrected chi connectivity index (χ0v) is 13.2. The van der Waals surface area contributed by atoms with Gasteiger partial charge in [0.1, 0.15) is 5.82 Å². The van der Waals surface area contributed by atoms with Crippen molar-refractivity contribution in [3.8, 4) is 0 Å². The molecular weight excluding hydrogens is 311 g/mol. The summed E-state index contributed by atoms with van der Waals surface area (Å²) in [6, 6.07) is 11.9. The molecule has 2 aromatic rings. The highest BCUT2D eigenvalue weighted by Gasteiger charge is 2.40. The summed E-state index contributed by atoms with van der Waals surface area (Å²) in [5, 5.41) is 10.1. The first kappa shape index (κ1) is 15.7. The van der Waals surface area contributed by atoms with Crippen molar-refractivity contribution in [3.63, 3.8) is 0 Å². The van der Waals surface area contributed by atoms with Gasteiger partial charge in [0.15, 0.2) is 5.76 Å². The maximum atomic E-state index is 13.1. The van der Waals surface area contributed by atoms with Gasteiger partial charge >= 0.3 is 5.91 Å². The van der Waals surface area contributed by atoms with Gasteiger partial charge in [0.25, 0.3) is 5.91 Å². The molecule has 5 nitrogen and oxygen atoms in total. The average molecular weight is 326 g/mol. The monoisotopic (exact) mass is 326 g/mol. The molecule has 2 amide bonds. The van der Waals surface area contributed by atoms with Crippen LogP contribution in [0.15, 0.2) is 54.3 Å². The van der Waals surface area contributed by atoms with E-state index in [2.05, 4.69) is 0 Å². The summed E-state index contributed by atoms with van der Waals surface area (Å²) in [7, 11) is 3.68. The van der Waals surface area contributed by atoms with E-state index in [0.29, 0.717) is 11.3 Å². The minimum atomic E-state index is -0.796. The van der Waals surface area contributed by atoms with Crippen molar-refractivity contribution in [1.29, 1.82) is 0 Å².